The standard InChI is InChI=1S/C35H43N7O2/c1-24-20-28(21-25(2)33(24)41-14-12-40(13-15-41)29-8-10-39(3)11-9-29)31-23-37-34-32(38-31)30(22-36-34)26-4-6-27(7-5-26)35(43)42-16-18-44-19-17-42/h4-7,20-23,29H,8-19H2,1-3H3,(H,36,37). The van der Waals surface area contributed by atoms with Crippen LogP contribution in [0.2, 0.25) is 0 Å². The summed E-state index contributed by atoms with van der Waals surface area (Å²) >= 11 is 0. The van der Waals surface area contributed by atoms with Crippen molar-refractivity contribution in [1.29, 1.82) is 0 Å². The van der Waals surface area contributed by atoms with Crippen molar-refractivity contribution in [2.45, 2.75) is 32.7 Å². The van der Waals surface area contributed by atoms with E-state index in [0.717, 1.165) is 65.8 Å². The lowest BCUT2D eigenvalue weighted by atomic mass is 9.99. The number of likely N-dealkylation sites (tertiary alicyclic amines) is 1. The minimum absolute atomic E-state index is 0.0502. The van der Waals surface area contributed by atoms with Gasteiger partial charge in [0.15, 0.2) is 5.65 Å². The number of aryl methyl sites for hydroxylation is 2. The van der Waals surface area contributed by atoms with Crippen LogP contribution in [0.4, 0.5) is 5.69 Å². The van der Waals surface area contributed by atoms with Crippen LogP contribution in [-0.2, 0) is 4.74 Å². The molecule has 7 rings (SSSR count). The number of aromatic amines is 1. The SMILES string of the molecule is Cc1cc(-c2cnc3[nH]cc(-c4ccc(C(=O)N5CCOCC5)cc4)c3n2)cc(C)c1N1CCN(C2CCN(C)CC2)CC1. The molecule has 2 aromatic heterocycles. The number of hydrogen-bond donors (Lipinski definition) is 1. The van der Waals surface area contributed by atoms with Crippen molar-refractivity contribution in [1.82, 2.24) is 29.7 Å². The molecular weight excluding hydrogens is 550 g/mol. The summed E-state index contributed by atoms with van der Waals surface area (Å²) in [5.74, 6) is 0.0502. The Morgan fingerprint density at radius 3 is 2.25 bits per heavy atom. The highest BCUT2D eigenvalue weighted by molar-refractivity contribution is 5.96. The molecule has 5 heterocycles. The van der Waals surface area contributed by atoms with Crippen LogP contribution >= 0.6 is 0 Å². The topological polar surface area (TPSA) is 80.8 Å². The number of hydrogen-bond acceptors (Lipinski definition) is 7. The van der Waals surface area contributed by atoms with Crippen LogP contribution in [0.15, 0.2) is 48.8 Å². The van der Waals surface area contributed by atoms with Gasteiger partial charge in [-0.1, -0.05) is 12.1 Å². The molecule has 0 bridgehead atoms. The van der Waals surface area contributed by atoms with Crippen LogP contribution in [0.1, 0.15) is 34.3 Å². The number of carbonyl (C=O) groups is 1. The third-order valence-corrected chi connectivity index (χ3v) is 9.74. The maximum Gasteiger partial charge on any atom is 0.254 e. The van der Waals surface area contributed by atoms with E-state index in [2.05, 4.69) is 52.7 Å². The first kappa shape index (κ1) is 29.0. The maximum atomic E-state index is 12.9. The third-order valence-electron chi connectivity index (χ3n) is 9.74. The summed E-state index contributed by atoms with van der Waals surface area (Å²) in [7, 11) is 2.24. The smallest absolute Gasteiger partial charge is 0.254 e. The van der Waals surface area contributed by atoms with Gasteiger partial charge in [-0.3, -0.25) is 9.69 Å². The number of ether oxygens (including phenoxy) is 1. The molecule has 0 atom stereocenters. The molecule has 9 heteroatoms. The lowest BCUT2D eigenvalue weighted by molar-refractivity contribution is 0.0303. The fraction of sp³-hybridized carbons (Fsp3) is 0.457. The molecule has 2 aromatic carbocycles. The third kappa shape index (κ3) is 5.72. The largest absolute Gasteiger partial charge is 0.378 e. The monoisotopic (exact) mass is 593 g/mol. The summed E-state index contributed by atoms with van der Waals surface area (Å²) in [4.78, 5) is 35.6. The molecule has 230 valence electrons. The summed E-state index contributed by atoms with van der Waals surface area (Å²) in [6.45, 7) is 13.8. The number of nitrogens with zero attached hydrogens (tertiary/aromatic N) is 6. The first-order valence-corrected chi connectivity index (χ1v) is 16.1. The van der Waals surface area contributed by atoms with E-state index in [1.807, 2.05) is 41.6 Å². The van der Waals surface area contributed by atoms with Crippen LogP contribution in [0.3, 0.4) is 0 Å². The van der Waals surface area contributed by atoms with Gasteiger partial charge in [-0.25, -0.2) is 9.97 Å². The number of benzene rings is 2. The number of aromatic nitrogens is 3. The highest BCUT2D eigenvalue weighted by Gasteiger charge is 2.28. The van der Waals surface area contributed by atoms with Gasteiger partial charge in [0.1, 0.15) is 5.52 Å². The molecule has 0 aliphatic carbocycles. The summed E-state index contributed by atoms with van der Waals surface area (Å²) < 4.78 is 5.39. The van der Waals surface area contributed by atoms with E-state index in [-0.39, 0.29) is 5.91 Å². The van der Waals surface area contributed by atoms with Crippen LogP contribution in [0.5, 0.6) is 0 Å². The molecule has 0 radical (unpaired) electrons. The van der Waals surface area contributed by atoms with Gasteiger partial charge in [-0.05, 0) is 87.8 Å². The number of rotatable bonds is 5. The van der Waals surface area contributed by atoms with Crippen molar-refractivity contribution in [3.63, 3.8) is 0 Å². The molecule has 9 nitrogen and oxygen atoms in total. The molecule has 44 heavy (non-hydrogen) atoms. The van der Waals surface area contributed by atoms with Crippen molar-refractivity contribution in [2.24, 2.45) is 0 Å². The Labute approximate surface area is 259 Å². The van der Waals surface area contributed by atoms with Crippen molar-refractivity contribution in [3.8, 4) is 22.4 Å². The summed E-state index contributed by atoms with van der Waals surface area (Å²) in [5.41, 5.74) is 10.1. The maximum absolute atomic E-state index is 12.9. The predicted octanol–water partition coefficient (Wildman–Crippen LogP) is 4.60. The Hall–Kier alpha value is -3.79. The number of nitrogens with one attached hydrogen (secondary N) is 1. The second-order valence-electron chi connectivity index (χ2n) is 12.7. The van der Waals surface area contributed by atoms with Gasteiger partial charge < -0.3 is 24.4 Å². The normalized spacial score (nSPS) is 19.2. The average molecular weight is 594 g/mol. The van der Waals surface area contributed by atoms with E-state index < -0.39 is 0 Å². The van der Waals surface area contributed by atoms with E-state index in [1.54, 1.807) is 0 Å². The molecule has 4 aromatic rings. The van der Waals surface area contributed by atoms with Crippen LogP contribution in [-0.4, -0.2) is 114 Å². The van der Waals surface area contributed by atoms with E-state index in [0.29, 0.717) is 31.9 Å². The summed E-state index contributed by atoms with van der Waals surface area (Å²) in [6, 6.07) is 13.1. The van der Waals surface area contributed by atoms with E-state index in [4.69, 9.17) is 14.7 Å². The molecule has 3 aliphatic heterocycles. The number of H-pyrrole nitrogens is 1. The van der Waals surface area contributed by atoms with Crippen molar-refractivity contribution in [3.05, 3.63) is 65.5 Å². The number of fused-ring (bicyclic) bond motifs is 1. The van der Waals surface area contributed by atoms with E-state index in [1.165, 1.54) is 42.7 Å². The Kier molecular flexibility index (Phi) is 8.10. The molecule has 0 unspecified atom stereocenters. The van der Waals surface area contributed by atoms with Gasteiger partial charge in [-0.15, -0.1) is 0 Å². The van der Waals surface area contributed by atoms with Crippen LogP contribution in [0.25, 0.3) is 33.5 Å². The summed E-state index contributed by atoms with van der Waals surface area (Å²) in [5, 5.41) is 0. The van der Waals surface area contributed by atoms with Crippen molar-refractivity contribution >= 4 is 22.8 Å². The Morgan fingerprint density at radius 1 is 0.886 bits per heavy atom. The molecule has 1 N–H and O–H groups in total. The molecule has 0 saturated carbocycles. The number of amides is 1. The molecule has 3 saturated heterocycles. The molecule has 1 amide bonds. The first-order valence-electron chi connectivity index (χ1n) is 16.1. The van der Waals surface area contributed by atoms with Gasteiger partial charge in [0.05, 0.1) is 25.1 Å². The van der Waals surface area contributed by atoms with Crippen LogP contribution < -0.4 is 4.90 Å². The van der Waals surface area contributed by atoms with Gasteiger partial charge >= 0.3 is 0 Å². The fourth-order valence-electron chi connectivity index (χ4n) is 7.27. The lowest BCUT2D eigenvalue weighted by Gasteiger charge is -2.43. The predicted molar refractivity (Wildman–Crippen MR) is 175 cm³/mol. The number of piperidine rings is 1. The number of carbonyl (C=O) groups excluding carboxylic acids is 1. The first-order chi connectivity index (χ1) is 21.4. The van der Waals surface area contributed by atoms with Gasteiger partial charge in [-0.2, -0.15) is 0 Å². The zero-order valence-corrected chi connectivity index (χ0v) is 26.2. The minimum Gasteiger partial charge on any atom is -0.378 e. The molecule has 3 fully saturated rings. The van der Waals surface area contributed by atoms with Crippen LogP contribution in [0, 0.1) is 13.8 Å². The van der Waals surface area contributed by atoms with E-state index in [9.17, 15) is 4.79 Å². The summed E-state index contributed by atoms with van der Waals surface area (Å²) in [6.07, 6.45) is 6.40. The zero-order valence-electron chi connectivity index (χ0n) is 26.2. The quantitative estimate of drug-likeness (QED) is 0.362. The van der Waals surface area contributed by atoms with Crippen molar-refractivity contribution < 1.29 is 9.53 Å². The number of anilines is 1. The molecule has 3 aliphatic rings. The van der Waals surface area contributed by atoms with Crippen molar-refractivity contribution in [2.75, 3.05) is 77.5 Å². The Balaban J connectivity index is 1.08. The van der Waals surface area contributed by atoms with Gasteiger partial charge in [0, 0.05) is 73.9 Å². The van der Waals surface area contributed by atoms with Gasteiger partial charge in [0.2, 0.25) is 0 Å². The highest BCUT2D eigenvalue weighted by Crippen LogP contribution is 2.33. The number of piperazine rings is 1. The number of morpholine rings is 1. The van der Waals surface area contributed by atoms with Gasteiger partial charge in [0.25, 0.3) is 5.91 Å². The lowest BCUT2D eigenvalue weighted by Crippen LogP contribution is -2.53. The minimum atomic E-state index is 0.0502. The Morgan fingerprint density at radius 2 is 1.57 bits per heavy atom. The highest BCUT2D eigenvalue weighted by atomic mass is 16.5. The second kappa shape index (κ2) is 12.3. The average Bonchev–Trinajstić information content (AvgIpc) is 3.49. The van der Waals surface area contributed by atoms with E-state index >= 15 is 0 Å². The zero-order chi connectivity index (χ0) is 30.2. The molecular formula is C35H43N7O2. The second-order valence-corrected chi connectivity index (χ2v) is 12.7. The fourth-order valence-corrected chi connectivity index (χ4v) is 7.27. The molecule has 0 spiro atoms. The Bertz CT molecular complexity index is 1600.